The summed E-state index contributed by atoms with van der Waals surface area (Å²) in [5.74, 6) is 0.810. The summed E-state index contributed by atoms with van der Waals surface area (Å²) < 4.78 is 0. The molecule has 2 aliphatic heterocycles. The van der Waals surface area contributed by atoms with E-state index in [1.807, 2.05) is 34.1 Å². The van der Waals surface area contributed by atoms with E-state index >= 15 is 0 Å². The smallest absolute Gasteiger partial charge is 0.227 e. The molecule has 1 aromatic rings. The molecule has 1 aromatic carbocycles. The second-order valence-electron chi connectivity index (χ2n) is 7.00. The highest BCUT2D eigenvalue weighted by Gasteiger charge is 2.30. The molecular formula is C19H27N3O2. The quantitative estimate of drug-likeness (QED) is 0.918. The molecule has 0 aromatic heterocycles. The van der Waals surface area contributed by atoms with Gasteiger partial charge in [0.25, 0.3) is 0 Å². The number of carbonyl (C=O) groups excluding carboxylic acids is 2. The van der Waals surface area contributed by atoms with E-state index in [1.165, 1.54) is 0 Å². The van der Waals surface area contributed by atoms with Crippen LogP contribution in [0.1, 0.15) is 38.2 Å². The molecule has 0 aliphatic carbocycles. The average molecular weight is 329 g/mol. The first-order valence-electron chi connectivity index (χ1n) is 8.99. The van der Waals surface area contributed by atoms with Crippen LogP contribution in [-0.4, -0.2) is 42.4 Å². The van der Waals surface area contributed by atoms with E-state index in [0.29, 0.717) is 25.3 Å². The summed E-state index contributed by atoms with van der Waals surface area (Å²) in [5.41, 5.74) is 7.81. The number of piperidine rings is 1. The zero-order valence-electron chi connectivity index (χ0n) is 14.4. The molecule has 5 heteroatoms. The molecule has 0 spiro atoms. The van der Waals surface area contributed by atoms with Gasteiger partial charge in [0.1, 0.15) is 0 Å². The fourth-order valence-electron chi connectivity index (χ4n) is 3.91. The molecule has 0 radical (unpaired) electrons. The minimum atomic E-state index is 0.155. The van der Waals surface area contributed by atoms with Gasteiger partial charge in [-0.25, -0.2) is 0 Å². The number of nitrogens with zero attached hydrogens (tertiary/aromatic N) is 2. The van der Waals surface area contributed by atoms with Crippen LogP contribution in [0.2, 0.25) is 0 Å². The third-order valence-corrected chi connectivity index (χ3v) is 5.35. The Kier molecular flexibility index (Phi) is 5.19. The van der Waals surface area contributed by atoms with Crippen molar-refractivity contribution < 1.29 is 9.59 Å². The Bertz CT molecular complexity index is 599. The number of amides is 2. The van der Waals surface area contributed by atoms with Gasteiger partial charge >= 0.3 is 0 Å². The van der Waals surface area contributed by atoms with E-state index < -0.39 is 0 Å². The predicted molar refractivity (Wildman–Crippen MR) is 94.7 cm³/mol. The number of hydrogen-bond acceptors (Lipinski definition) is 3. The average Bonchev–Trinajstić information content (AvgIpc) is 3.01. The summed E-state index contributed by atoms with van der Waals surface area (Å²) >= 11 is 0. The number of hydrogen-bond donors (Lipinski definition) is 1. The summed E-state index contributed by atoms with van der Waals surface area (Å²) in [4.78, 5) is 28.3. The van der Waals surface area contributed by atoms with Gasteiger partial charge in [0.15, 0.2) is 0 Å². The second-order valence-corrected chi connectivity index (χ2v) is 7.00. The van der Waals surface area contributed by atoms with Gasteiger partial charge in [-0.1, -0.05) is 19.1 Å². The van der Waals surface area contributed by atoms with E-state index in [1.54, 1.807) is 0 Å². The largest absolute Gasteiger partial charge is 0.338 e. The predicted octanol–water partition coefficient (Wildman–Crippen LogP) is 1.94. The van der Waals surface area contributed by atoms with E-state index in [9.17, 15) is 9.59 Å². The van der Waals surface area contributed by atoms with Crippen molar-refractivity contribution in [2.75, 3.05) is 24.5 Å². The number of likely N-dealkylation sites (tertiary alicyclic amines) is 1. The van der Waals surface area contributed by atoms with Crippen LogP contribution in [-0.2, 0) is 16.0 Å². The molecule has 130 valence electrons. The third-order valence-electron chi connectivity index (χ3n) is 5.35. The minimum Gasteiger partial charge on any atom is -0.338 e. The Balaban J connectivity index is 1.65. The van der Waals surface area contributed by atoms with Crippen molar-refractivity contribution in [2.24, 2.45) is 11.7 Å². The van der Waals surface area contributed by atoms with E-state index in [-0.39, 0.29) is 17.9 Å². The maximum atomic E-state index is 12.7. The molecule has 0 bridgehead atoms. The molecule has 24 heavy (non-hydrogen) atoms. The molecule has 0 saturated carbocycles. The zero-order valence-corrected chi connectivity index (χ0v) is 14.4. The van der Waals surface area contributed by atoms with Gasteiger partial charge in [-0.2, -0.15) is 0 Å². The lowest BCUT2D eigenvalue weighted by atomic mass is 9.90. The lowest BCUT2D eigenvalue weighted by molar-refractivity contribution is -0.135. The number of nitrogens with two attached hydrogens (primary N) is 1. The summed E-state index contributed by atoms with van der Waals surface area (Å²) in [6.45, 7) is 4.31. The van der Waals surface area contributed by atoms with Gasteiger partial charge in [-0.05, 0) is 42.9 Å². The van der Waals surface area contributed by atoms with E-state index in [0.717, 1.165) is 43.6 Å². The second kappa shape index (κ2) is 7.34. The monoisotopic (exact) mass is 329 g/mol. The van der Waals surface area contributed by atoms with Crippen LogP contribution in [0.3, 0.4) is 0 Å². The molecule has 2 unspecified atom stereocenters. The third kappa shape index (κ3) is 3.46. The Labute approximate surface area is 143 Å². The molecule has 2 saturated heterocycles. The van der Waals surface area contributed by atoms with Gasteiger partial charge in [0.05, 0.1) is 6.42 Å². The zero-order chi connectivity index (χ0) is 17.1. The van der Waals surface area contributed by atoms with Crippen molar-refractivity contribution in [3.8, 4) is 0 Å². The number of benzene rings is 1. The molecule has 2 heterocycles. The fourth-order valence-corrected chi connectivity index (χ4v) is 3.91. The molecule has 2 aliphatic rings. The summed E-state index contributed by atoms with van der Waals surface area (Å²) in [6, 6.07) is 7.98. The van der Waals surface area contributed by atoms with Gasteiger partial charge in [0, 0.05) is 37.8 Å². The summed E-state index contributed by atoms with van der Waals surface area (Å²) in [7, 11) is 0. The highest BCUT2D eigenvalue weighted by molar-refractivity contribution is 5.95. The Morgan fingerprint density at radius 3 is 2.58 bits per heavy atom. The summed E-state index contributed by atoms with van der Waals surface area (Å²) in [5, 5.41) is 0. The first-order chi connectivity index (χ1) is 11.6. The first-order valence-corrected chi connectivity index (χ1v) is 8.99. The normalized spacial score (nSPS) is 24.5. The van der Waals surface area contributed by atoms with Crippen molar-refractivity contribution in [3.63, 3.8) is 0 Å². The molecular weight excluding hydrogens is 302 g/mol. The Morgan fingerprint density at radius 2 is 1.96 bits per heavy atom. The van der Waals surface area contributed by atoms with Crippen molar-refractivity contribution in [3.05, 3.63) is 29.8 Å². The molecule has 3 rings (SSSR count). The van der Waals surface area contributed by atoms with Crippen LogP contribution in [0.15, 0.2) is 24.3 Å². The van der Waals surface area contributed by atoms with Crippen molar-refractivity contribution >= 4 is 17.5 Å². The molecule has 2 N–H and O–H groups in total. The van der Waals surface area contributed by atoms with Gasteiger partial charge < -0.3 is 15.5 Å². The molecule has 2 atom stereocenters. The van der Waals surface area contributed by atoms with Crippen LogP contribution in [0.5, 0.6) is 0 Å². The maximum absolute atomic E-state index is 12.7. The maximum Gasteiger partial charge on any atom is 0.227 e. The van der Waals surface area contributed by atoms with Crippen LogP contribution >= 0.6 is 0 Å². The van der Waals surface area contributed by atoms with E-state index in [2.05, 4.69) is 6.92 Å². The highest BCUT2D eigenvalue weighted by atomic mass is 16.2. The molecule has 2 amide bonds. The standard InChI is InChI=1S/C19H27N3O2/c1-14-4-2-11-22(17(14)13-20)19(24)12-15-6-8-16(9-7-15)21-10-3-5-18(21)23/h6-9,14,17H,2-5,10-13,20H2,1H3. The molecule has 5 nitrogen and oxygen atoms in total. The molecule has 2 fully saturated rings. The lowest BCUT2D eigenvalue weighted by Crippen LogP contribution is -2.51. The summed E-state index contributed by atoms with van der Waals surface area (Å²) in [6.07, 6.45) is 4.15. The topological polar surface area (TPSA) is 66.6 Å². The minimum absolute atomic E-state index is 0.155. The lowest BCUT2D eigenvalue weighted by Gasteiger charge is -2.39. The van der Waals surface area contributed by atoms with Crippen molar-refractivity contribution in [1.29, 1.82) is 0 Å². The van der Waals surface area contributed by atoms with Crippen LogP contribution < -0.4 is 10.6 Å². The Hall–Kier alpha value is -1.88. The van der Waals surface area contributed by atoms with E-state index in [4.69, 9.17) is 5.73 Å². The highest BCUT2D eigenvalue weighted by Crippen LogP contribution is 2.25. The van der Waals surface area contributed by atoms with Crippen LogP contribution in [0.4, 0.5) is 5.69 Å². The Morgan fingerprint density at radius 1 is 1.21 bits per heavy atom. The number of anilines is 1. The first kappa shape index (κ1) is 17.0. The van der Waals surface area contributed by atoms with Gasteiger partial charge in [-0.3, -0.25) is 9.59 Å². The van der Waals surface area contributed by atoms with Crippen molar-refractivity contribution in [1.82, 2.24) is 4.90 Å². The van der Waals surface area contributed by atoms with Crippen LogP contribution in [0.25, 0.3) is 0 Å². The SMILES string of the molecule is CC1CCCN(C(=O)Cc2ccc(N3CCCC3=O)cc2)C1CN. The fraction of sp³-hybridized carbons (Fsp3) is 0.579. The van der Waals surface area contributed by atoms with Gasteiger partial charge in [-0.15, -0.1) is 0 Å². The van der Waals surface area contributed by atoms with Crippen LogP contribution in [0, 0.1) is 5.92 Å². The number of carbonyl (C=O) groups is 2. The van der Waals surface area contributed by atoms with Gasteiger partial charge in [0.2, 0.25) is 11.8 Å². The van der Waals surface area contributed by atoms with Crippen molar-refractivity contribution in [2.45, 2.75) is 45.1 Å². The number of rotatable bonds is 4.